The summed E-state index contributed by atoms with van der Waals surface area (Å²) < 4.78 is 6.17. The number of anilines is 1. The highest BCUT2D eigenvalue weighted by Crippen LogP contribution is 2.29. The van der Waals surface area contributed by atoms with Crippen molar-refractivity contribution in [2.45, 2.75) is 26.3 Å². The van der Waals surface area contributed by atoms with Gasteiger partial charge < -0.3 is 10.1 Å². The van der Waals surface area contributed by atoms with E-state index in [-0.39, 0.29) is 5.97 Å². The fourth-order valence-corrected chi connectivity index (χ4v) is 3.35. The number of thiophene rings is 1. The Bertz CT molecular complexity index is 612. The van der Waals surface area contributed by atoms with E-state index in [1.165, 1.54) is 4.88 Å². The predicted molar refractivity (Wildman–Crippen MR) is 90.8 cm³/mol. The fourth-order valence-electron chi connectivity index (χ4n) is 1.96. The average Bonchev–Trinajstić information content (AvgIpc) is 2.93. The summed E-state index contributed by atoms with van der Waals surface area (Å²) in [7, 11) is 0. The second-order valence-corrected chi connectivity index (χ2v) is 6.61. The van der Waals surface area contributed by atoms with E-state index in [9.17, 15) is 4.79 Å². The molecule has 0 aliphatic carbocycles. The van der Waals surface area contributed by atoms with Crippen LogP contribution in [0, 0.1) is 0 Å². The topological polar surface area (TPSA) is 38.3 Å². The zero-order chi connectivity index (χ0) is 15.2. The van der Waals surface area contributed by atoms with Crippen LogP contribution in [-0.2, 0) is 16.0 Å². The molecule has 2 rings (SSSR count). The molecule has 21 heavy (non-hydrogen) atoms. The van der Waals surface area contributed by atoms with Crippen LogP contribution in [0.4, 0.5) is 5.69 Å². The Morgan fingerprint density at radius 2 is 2.14 bits per heavy atom. The Balaban J connectivity index is 2.25. The molecular weight excluding hydrogens is 350 g/mol. The lowest BCUT2D eigenvalue weighted by Gasteiger charge is -2.17. The summed E-state index contributed by atoms with van der Waals surface area (Å²) in [5.74, 6) is -0.248. The van der Waals surface area contributed by atoms with Crippen molar-refractivity contribution >= 4 is 38.9 Å². The number of carbonyl (C=O) groups is 1. The second kappa shape index (κ2) is 7.61. The third-order valence-corrected chi connectivity index (χ3v) is 4.76. The molecule has 0 saturated carbocycles. The number of aryl methyl sites for hydroxylation is 1. The van der Waals surface area contributed by atoms with Crippen molar-refractivity contribution in [1.29, 1.82) is 0 Å². The Labute approximate surface area is 137 Å². The van der Waals surface area contributed by atoms with Crippen LogP contribution in [0.15, 0.2) is 40.9 Å². The van der Waals surface area contributed by atoms with E-state index in [2.05, 4.69) is 34.2 Å². The normalized spacial score (nSPS) is 12.0. The second-order valence-electron chi connectivity index (χ2n) is 4.50. The van der Waals surface area contributed by atoms with E-state index >= 15 is 0 Å². The van der Waals surface area contributed by atoms with Crippen LogP contribution in [0.3, 0.4) is 0 Å². The number of esters is 1. The van der Waals surface area contributed by atoms with Gasteiger partial charge in [-0.1, -0.05) is 28.9 Å². The number of ether oxygens (including phenoxy) is 1. The summed E-state index contributed by atoms with van der Waals surface area (Å²) in [5, 5.41) is 3.26. The number of nitrogens with one attached hydrogen (secondary N) is 1. The van der Waals surface area contributed by atoms with E-state index in [0.29, 0.717) is 6.61 Å². The van der Waals surface area contributed by atoms with Gasteiger partial charge in [-0.25, -0.2) is 4.79 Å². The molecule has 1 atom stereocenters. The Morgan fingerprint density at radius 1 is 1.33 bits per heavy atom. The van der Waals surface area contributed by atoms with Crippen LogP contribution in [0.1, 0.15) is 29.6 Å². The monoisotopic (exact) mass is 367 g/mol. The van der Waals surface area contributed by atoms with Gasteiger partial charge in [0, 0.05) is 19.9 Å². The highest BCUT2D eigenvalue weighted by atomic mass is 79.9. The van der Waals surface area contributed by atoms with Crippen molar-refractivity contribution in [2.75, 3.05) is 11.9 Å². The predicted octanol–water partition coefficient (Wildman–Crippen LogP) is 4.79. The third-order valence-electron chi connectivity index (χ3n) is 2.97. The number of hydrogen-bond donors (Lipinski definition) is 1. The molecule has 1 aromatic carbocycles. The maximum atomic E-state index is 12.2. The summed E-state index contributed by atoms with van der Waals surface area (Å²) in [6.07, 6.45) is 0.969. The van der Waals surface area contributed by atoms with E-state index in [0.717, 1.165) is 21.5 Å². The minimum Gasteiger partial charge on any atom is -0.464 e. The van der Waals surface area contributed by atoms with Gasteiger partial charge in [-0.15, -0.1) is 11.3 Å². The molecule has 2 aromatic rings. The van der Waals surface area contributed by atoms with Gasteiger partial charge in [0.15, 0.2) is 6.04 Å². The van der Waals surface area contributed by atoms with Gasteiger partial charge in [0.05, 0.1) is 6.61 Å². The van der Waals surface area contributed by atoms with E-state index in [1.54, 1.807) is 11.3 Å². The van der Waals surface area contributed by atoms with Crippen LogP contribution in [-0.4, -0.2) is 12.6 Å². The highest BCUT2D eigenvalue weighted by molar-refractivity contribution is 9.10. The number of halogens is 1. The van der Waals surface area contributed by atoms with Crippen molar-refractivity contribution in [2.24, 2.45) is 0 Å². The molecule has 1 N–H and O–H groups in total. The average molecular weight is 368 g/mol. The summed E-state index contributed by atoms with van der Waals surface area (Å²) >= 11 is 5.08. The lowest BCUT2D eigenvalue weighted by molar-refractivity contribution is -0.144. The minimum atomic E-state index is -0.468. The Hall–Kier alpha value is -1.33. The maximum absolute atomic E-state index is 12.2. The molecule has 0 fully saturated rings. The standard InChI is InChI=1S/C16H18BrNO2S/c1-3-13-8-9-14(21-13)15(16(19)20-4-2)18-12-7-5-6-11(17)10-12/h5-10,15,18H,3-4H2,1-2H3. The van der Waals surface area contributed by atoms with E-state index < -0.39 is 6.04 Å². The van der Waals surface area contributed by atoms with Gasteiger partial charge in [0.2, 0.25) is 0 Å². The lowest BCUT2D eigenvalue weighted by Crippen LogP contribution is -2.22. The highest BCUT2D eigenvalue weighted by Gasteiger charge is 2.23. The van der Waals surface area contributed by atoms with Gasteiger partial charge in [-0.2, -0.15) is 0 Å². The van der Waals surface area contributed by atoms with Crippen LogP contribution < -0.4 is 5.32 Å². The molecule has 1 heterocycles. The first-order chi connectivity index (χ1) is 10.1. The fraction of sp³-hybridized carbons (Fsp3) is 0.312. The Kier molecular flexibility index (Phi) is 5.82. The number of carbonyl (C=O) groups excluding carboxylic acids is 1. The van der Waals surface area contributed by atoms with Gasteiger partial charge >= 0.3 is 5.97 Å². The number of benzene rings is 1. The summed E-state index contributed by atoms with van der Waals surface area (Å²) in [6.45, 7) is 4.30. The van der Waals surface area contributed by atoms with Crippen molar-refractivity contribution < 1.29 is 9.53 Å². The lowest BCUT2D eigenvalue weighted by atomic mass is 10.2. The van der Waals surface area contributed by atoms with Crippen molar-refractivity contribution in [1.82, 2.24) is 0 Å². The third kappa shape index (κ3) is 4.32. The molecule has 3 nitrogen and oxygen atoms in total. The molecule has 0 bridgehead atoms. The maximum Gasteiger partial charge on any atom is 0.334 e. The summed E-state index contributed by atoms with van der Waals surface area (Å²) in [4.78, 5) is 14.5. The summed E-state index contributed by atoms with van der Waals surface area (Å²) in [5.41, 5.74) is 0.883. The van der Waals surface area contributed by atoms with Gasteiger partial charge in [-0.3, -0.25) is 0 Å². The molecule has 0 saturated heterocycles. The van der Waals surface area contributed by atoms with Gasteiger partial charge in [0.1, 0.15) is 0 Å². The molecule has 0 aliphatic heterocycles. The molecule has 1 unspecified atom stereocenters. The van der Waals surface area contributed by atoms with Crippen LogP contribution in [0.25, 0.3) is 0 Å². The molecule has 1 aromatic heterocycles. The smallest absolute Gasteiger partial charge is 0.334 e. The van der Waals surface area contributed by atoms with Crippen LogP contribution in [0.2, 0.25) is 0 Å². The molecule has 5 heteroatoms. The molecule has 0 spiro atoms. The zero-order valence-corrected chi connectivity index (χ0v) is 14.5. The van der Waals surface area contributed by atoms with Gasteiger partial charge in [0.25, 0.3) is 0 Å². The first-order valence-corrected chi connectivity index (χ1v) is 8.52. The Morgan fingerprint density at radius 3 is 2.76 bits per heavy atom. The molecule has 0 amide bonds. The molecular formula is C16H18BrNO2S. The van der Waals surface area contributed by atoms with Crippen molar-refractivity contribution in [3.63, 3.8) is 0 Å². The van der Waals surface area contributed by atoms with Crippen molar-refractivity contribution in [3.8, 4) is 0 Å². The van der Waals surface area contributed by atoms with Crippen molar-refractivity contribution in [3.05, 3.63) is 50.6 Å². The van der Waals surface area contributed by atoms with E-state index in [1.807, 2.05) is 37.3 Å². The van der Waals surface area contributed by atoms with Crippen LogP contribution >= 0.6 is 27.3 Å². The molecule has 112 valence electrons. The van der Waals surface area contributed by atoms with E-state index in [4.69, 9.17) is 4.74 Å². The molecule has 0 radical (unpaired) electrons. The van der Waals surface area contributed by atoms with Gasteiger partial charge in [-0.05, 0) is 43.7 Å². The number of rotatable bonds is 6. The SMILES string of the molecule is CCOC(=O)C(Nc1cccc(Br)c1)c1ccc(CC)s1. The van der Waals surface area contributed by atoms with Crippen LogP contribution in [0.5, 0.6) is 0 Å². The first-order valence-electron chi connectivity index (χ1n) is 6.91. The quantitative estimate of drug-likeness (QED) is 0.745. The molecule has 0 aliphatic rings. The first kappa shape index (κ1) is 16.0. The minimum absolute atomic E-state index is 0.248. The zero-order valence-electron chi connectivity index (χ0n) is 12.1. The largest absolute Gasteiger partial charge is 0.464 e. The summed E-state index contributed by atoms with van der Waals surface area (Å²) in [6, 6.07) is 11.4. The number of hydrogen-bond acceptors (Lipinski definition) is 4.